The number of benzene rings is 1. The largest absolute Gasteiger partial charge is 0.398 e. The summed E-state index contributed by atoms with van der Waals surface area (Å²) in [5, 5.41) is 0. The van der Waals surface area contributed by atoms with E-state index >= 15 is 0 Å². The topological polar surface area (TPSA) is 42.1 Å². The van der Waals surface area contributed by atoms with Gasteiger partial charge in [0.1, 0.15) is 0 Å². The Morgan fingerprint density at radius 3 is 2.50 bits per heavy atom. The zero-order chi connectivity index (χ0) is 11.4. The van der Waals surface area contributed by atoms with Gasteiger partial charge in [-0.25, -0.2) is 0 Å². The molecule has 0 atom stereocenters. The summed E-state index contributed by atoms with van der Waals surface area (Å²) < 4.78 is 0. The van der Waals surface area contributed by atoms with Gasteiger partial charge in [0, 0.05) is 37.4 Å². The first-order chi connectivity index (χ1) is 7.77. The van der Waals surface area contributed by atoms with E-state index in [9.17, 15) is 0 Å². The average molecular weight is 213 g/mol. The molecule has 0 aliphatic rings. The number of aromatic nitrogens is 1. The number of nitrogens with two attached hydrogens (primary N) is 1. The van der Waals surface area contributed by atoms with Gasteiger partial charge in [0.25, 0.3) is 0 Å². The first-order valence-electron chi connectivity index (χ1n) is 5.22. The van der Waals surface area contributed by atoms with E-state index < -0.39 is 0 Å². The Morgan fingerprint density at radius 1 is 1.12 bits per heavy atom. The molecule has 0 radical (unpaired) electrons. The zero-order valence-electron chi connectivity index (χ0n) is 9.30. The maximum atomic E-state index is 5.91. The highest BCUT2D eigenvalue weighted by molar-refractivity contribution is 5.50. The van der Waals surface area contributed by atoms with Crippen molar-refractivity contribution in [3.05, 3.63) is 54.4 Å². The number of nitrogen functional groups attached to an aromatic ring is 1. The molecule has 0 amide bonds. The predicted octanol–water partition coefficient (Wildman–Crippen LogP) is 2.30. The fourth-order valence-corrected chi connectivity index (χ4v) is 1.62. The first kappa shape index (κ1) is 10.5. The van der Waals surface area contributed by atoms with Crippen molar-refractivity contribution in [2.75, 3.05) is 17.7 Å². The predicted molar refractivity (Wildman–Crippen MR) is 67.2 cm³/mol. The maximum Gasteiger partial charge on any atom is 0.0446 e. The van der Waals surface area contributed by atoms with Gasteiger partial charge in [-0.2, -0.15) is 0 Å². The van der Waals surface area contributed by atoms with E-state index in [0.29, 0.717) is 0 Å². The Kier molecular flexibility index (Phi) is 3.05. The number of hydrogen-bond donors (Lipinski definition) is 1. The Bertz CT molecular complexity index is 454. The minimum Gasteiger partial charge on any atom is -0.398 e. The lowest BCUT2D eigenvalue weighted by atomic mass is 10.1. The van der Waals surface area contributed by atoms with Crippen LogP contribution in [0.1, 0.15) is 5.56 Å². The molecular weight excluding hydrogens is 198 g/mol. The molecule has 3 nitrogen and oxygen atoms in total. The van der Waals surface area contributed by atoms with Gasteiger partial charge in [-0.15, -0.1) is 0 Å². The highest BCUT2D eigenvalue weighted by Crippen LogP contribution is 2.17. The number of hydrogen-bond acceptors (Lipinski definition) is 3. The van der Waals surface area contributed by atoms with Crippen LogP contribution < -0.4 is 10.6 Å². The number of anilines is 2. The molecule has 0 aliphatic heterocycles. The lowest BCUT2D eigenvalue weighted by molar-refractivity contribution is 0.923. The highest BCUT2D eigenvalue weighted by atomic mass is 15.1. The fourth-order valence-electron chi connectivity index (χ4n) is 1.62. The summed E-state index contributed by atoms with van der Waals surface area (Å²) in [5.41, 5.74) is 9.02. The van der Waals surface area contributed by atoms with E-state index in [0.717, 1.165) is 23.5 Å². The monoisotopic (exact) mass is 213 g/mol. The quantitative estimate of drug-likeness (QED) is 0.795. The molecule has 1 aromatic heterocycles. The van der Waals surface area contributed by atoms with Crippen LogP contribution in [-0.2, 0) is 6.54 Å². The second kappa shape index (κ2) is 4.66. The summed E-state index contributed by atoms with van der Waals surface area (Å²) in [6.45, 7) is 0.802. The molecule has 1 aromatic carbocycles. The Balaban J connectivity index is 2.14. The highest BCUT2D eigenvalue weighted by Gasteiger charge is 2.03. The summed E-state index contributed by atoms with van der Waals surface area (Å²) in [4.78, 5) is 6.15. The number of pyridine rings is 1. The summed E-state index contributed by atoms with van der Waals surface area (Å²) >= 11 is 0. The van der Waals surface area contributed by atoms with Crippen molar-refractivity contribution >= 4 is 11.4 Å². The lowest BCUT2D eigenvalue weighted by Gasteiger charge is -2.19. The normalized spacial score (nSPS) is 10.1. The smallest absolute Gasteiger partial charge is 0.0446 e. The molecule has 2 rings (SSSR count). The van der Waals surface area contributed by atoms with Crippen LogP contribution in [0.2, 0.25) is 0 Å². The lowest BCUT2D eigenvalue weighted by Crippen LogP contribution is -2.17. The molecule has 0 aliphatic carbocycles. The summed E-state index contributed by atoms with van der Waals surface area (Å²) in [6, 6.07) is 11.9. The van der Waals surface area contributed by atoms with E-state index in [-0.39, 0.29) is 0 Å². The molecule has 0 spiro atoms. The minimum atomic E-state index is 0.802. The van der Waals surface area contributed by atoms with Crippen LogP contribution in [0.15, 0.2) is 48.8 Å². The standard InChI is InChI=1S/C13H15N3/c1-16(12-6-8-15-9-7-12)10-11-4-2-3-5-13(11)14/h2-9H,10,14H2,1H3. The Morgan fingerprint density at radius 2 is 1.81 bits per heavy atom. The second-order valence-electron chi connectivity index (χ2n) is 3.76. The molecule has 0 bridgehead atoms. The van der Waals surface area contributed by atoms with Crippen molar-refractivity contribution in [3.63, 3.8) is 0 Å². The van der Waals surface area contributed by atoms with E-state index in [4.69, 9.17) is 5.73 Å². The molecule has 2 aromatic rings. The summed E-state index contributed by atoms with van der Waals surface area (Å²) in [5.74, 6) is 0. The van der Waals surface area contributed by atoms with Crippen LogP contribution in [0.4, 0.5) is 11.4 Å². The SMILES string of the molecule is CN(Cc1ccccc1N)c1ccncc1. The van der Waals surface area contributed by atoms with E-state index in [1.54, 1.807) is 12.4 Å². The van der Waals surface area contributed by atoms with Gasteiger partial charge in [-0.05, 0) is 23.8 Å². The van der Waals surface area contributed by atoms with Crippen LogP contribution in [0.25, 0.3) is 0 Å². The minimum absolute atomic E-state index is 0.802. The summed E-state index contributed by atoms with van der Waals surface area (Å²) in [7, 11) is 2.04. The van der Waals surface area contributed by atoms with Crippen molar-refractivity contribution in [1.29, 1.82) is 0 Å². The van der Waals surface area contributed by atoms with Crippen molar-refractivity contribution in [2.24, 2.45) is 0 Å². The number of para-hydroxylation sites is 1. The third kappa shape index (κ3) is 2.31. The Labute approximate surface area is 95.5 Å². The van der Waals surface area contributed by atoms with Crippen molar-refractivity contribution in [3.8, 4) is 0 Å². The van der Waals surface area contributed by atoms with Gasteiger partial charge in [0.05, 0.1) is 0 Å². The van der Waals surface area contributed by atoms with Gasteiger partial charge < -0.3 is 10.6 Å². The molecule has 3 heteroatoms. The van der Waals surface area contributed by atoms with Crippen LogP contribution in [0.3, 0.4) is 0 Å². The molecular formula is C13H15N3. The molecule has 0 saturated carbocycles. The zero-order valence-corrected chi connectivity index (χ0v) is 9.30. The molecule has 0 unspecified atom stereocenters. The van der Waals surface area contributed by atoms with Crippen molar-refractivity contribution < 1.29 is 0 Å². The van der Waals surface area contributed by atoms with Gasteiger partial charge in [-0.3, -0.25) is 4.98 Å². The van der Waals surface area contributed by atoms with Crippen LogP contribution >= 0.6 is 0 Å². The van der Waals surface area contributed by atoms with Crippen LogP contribution in [0.5, 0.6) is 0 Å². The van der Waals surface area contributed by atoms with Crippen LogP contribution in [-0.4, -0.2) is 12.0 Å². The van der Waals surface area contributed by atoms with E-state index in [1.807, 2.05) is 43.4 Å². The van der Waals surface area contributed by atoms with Gasteiger partial charge in [0.2, 0.25) is 0 Å². The molecule has 2 N–H and O–H groups in total. The maximum absolute atomic E-state index is 5.91. The van der Waals surface area contributed by atoms with Crippen molar-refractivity contribution in [1.82, 2.24) is 4.98 Å². The van der Waals surface area contributed by atoms with Gasteiger partial charge in [0.15, 0.2) is 0 Å². The second-order valence-corrected chi connectivity index (χ2v) is 3.76. The summed E-state index contributed by atoms with van der Waals surface area (Å²) in [6.07, 6.45) is 3.58. The van der Waals surface area contributed by atoms with E-state index in [2.05, 4.69) is 9.88 Å². The third-order valence-corrected chi connectivity index (χ3v) is 2.57. The molecule has 1 heterocycles. The Hall–Kier alpha value is -2.03. The molecule has 0 saturated heterocycles. The first-order valence-corrected chi connectivity index (χ1v) is 5.22. The number of nitrogens with zero attached hydrogens (tertiary/aromatic N) is 2. The van der Waals surface area contributed by atoms with Crippen LogP contribution in [0, 0.1) is 0 Å². The average Bonchev–Trinajstić information content (AvgIpc) is 2.33. The molecule has 16 heavy (non-hydrogen) atoms. The van der Waals surface area contributed by atoms with Crippen molar-refractivity contribution in [2.45, 2.75) is 6.54 Å². The number of rotatable bonds is 3. The molecule has 82 valence electrons. The van der Waals surface area contributed by atoms with E-state index in [1.165, 1.54) is 0 Å². The van der Waals surface area contributed by atoms with Gasteiger partial charge in [-0.1, -0.05) is 18.2 Å². The third-order valence-electron chi connectivity index (χ3n) is 2.57. The van der Waals surface area contributed by atoms with Gasteiger partial charge >= 0.3 is 0 Å². The molecule has 0 fully saturated rings. The fraction of sp³-hybridized carbons (Fsp3) is 0.154.